The van der Waals surface area contributed by atoms with Crippen molar-refractivity contribution in [1.29, 1.82) is 0 Å². The average Bonchev–Trinajstić information content (AvgIpc) is 3.13. The SMILES string of the molecule is COc1ccc(-c2ccc(OC)cc2C#Cc2cccs2)cc1. The predicted octanol–water partition coefficient (Wildman–Crippen LogP) is 4.83. The van der Waals surface area contributed by atoms with Crippen molar-refractivity contribution in [2.45, 2.75) is 0 Å². The summed E-state index contributed by atoms with van der Waals surface area (Å²) in [5.74, 6) is 8.12. The Morgan fingerprint density at radius 1 is 0.826 bits per heavy atom. The minimum atomic E-state index is 0.803. The molecule has 2 nitrogen and oxygen atoms in total. The lowest BCUT2D eigenvalue weighted by Crippen LogP contribution is -1.89. The standard InChI is InChI=1S/C20H16O2S/c1-21-17-8-5-15(6-9-17)20-12-10-18(22-2)14-16(20)7-11-19-4-3-13-23-19/h3-6,8-10,12-14H,1-2H3. The Kier molecular flexibility index (Phi) is 4.65. The Morgan fingerprint density at radius 3 is 2.22 bits per heavy atom. The van der Waals surface area contributed by atoms with Crippen molar-refractivity contribution < 1.29 is 9.47 Å². The summed E-state index contributed by atoms with van der Waals surface area (Å²) >= 11 is 1.64. The lowest BCUT2D eigenvalue weighted by atomic mass is 9.99. The lowest BCUT2D eigenvalue weighted by molar-refractivity contribution is 0.414. The van der Waals surface area contributed by atoms with Crippen LogP contribution in [0.2, 0.25) is 0 Å². The monoisotopic (exact) mass is 320 g/mol. The zero-order chi connectivity index (χ0) is 16.1. The molecule has 0 saturated heterocycles. The van der Waals surface area contributed by atoms with Crippen molar-refractivity contribution in [2.75, 3.05) is 14.2 Å². The van der Waals surface area contributed by atoms with Crippen LogP contribution in [0.3, 0.4) is 0 Å². The van der Waals surface area contributed by atoms with Crippen LogP contribution in [0.4, 0.5) is 0 Å². The topological polar surface area (TPSA) is 18.5 Å². The Hall–Kier alpha value is -2.70. The van der Waals surface area contributed by atoms with Gasteiger partial charge >= 0.3 is 0 Å². The molecular formula is C20H16O2S. The highest BCUT2D eigenvalue weighted by Crippen LogP contribution is 2.28. The van der Waals surface area contributed by atoms with Crippen molar-refractivity contribution in [3.8, 4) is 34.5 Å². The molecule has 0 N–H and O–H groups in total. The molecule has 0 bridgehead atoms. The third kappa shape index (κ3) is 3.56. The molecule has 1 heterocycles. The molecule has 0 aliphatic carbocycles. The molecule has 114 valence electrons. The number of rotatable bonds is 3. The number of ether oxygens (including phenoxy) is 2. The van der Waals surface area contributed by atoms with Gasteiger partial charge in [0.25, 0.3) is 0 Å². The maximum absolute atomic E-state index is 5.33. The summed E-state index contributed by atoms with van der Waals surface area (Å²) in [6.07, 6.45) is 0. The van der Waals surface area contributed by atoms with Gasteiger partial charge in [-0.25, -0.2) is 0 Å². The van der Waals surface area contributed by atoms with Gasteiger partial charge in [0.2, 0.25) is 0 Å². The molecule has 2 aromatic carbocycles. The van der Waals surface area contributed by atoms with E-state index in [1.165, 1.54) is 0 Å². The van der Waals surface area contributed by atoms with E-state index >= 15 is 0 Å². The van der Waals surface area contributed by atoms with E-state index in [1.807, 2.05) is 60.0 Å². The van der Waals surface area contributed by atoms with Gasteiger partial charge in [0, 0.05) is 5.56 Å². The van der Waals surface area contributed by atoms with E-state index in [0.29, 0.717) is 0 Å². The maximum atomic E-state index is 5.33. The molecule has 0 unspecified atom stereocenters. The fourth-order valence-corrected chi connectivity index (χ4v) is 2.83. The van der Waals surface area contributed by atoms with Crippen molar-refractivity contribution in [2.24, 2.45) is 0 Å². The molecule has 23 heavy (non-hydrogen) atoms. The minimum Gasteiger partial charge on any atom is -0.497 e. The molecule has 1 aromatic heterocycles. The molecule has 0 aliphatic rings. The average molecular weight is 320 g/mol. The molecule has 0 amide bonds. The third-order valence-corrected chi connectivity index (χ3v) is 4.25. The van der Waals surface area contributed by atoms with E-state index in [1.54, 1.807) is 25.6 Å². The fraction of sp³-hybridized carbons (Fsp3) is 0.100. The summed E-state index contributed by atoms with van der Waals surface area (Å²) in [5.41, 5.74) is 3.13. The van der Waals surface area contributed by atoms with Gasteiger partial charge < -0.3 is 9.47 Å². The van der Waals surface area contributed by atoms with E-state index in [-0.39, 0.29) is 0 Å². The van der Waals surface area contributed by atoms with Crippen LogP contribution < -0.4 is 9.47 Å². The third-order valence-electron chi connectivity index (χ3n) is 3.47. The summed E-state index contributed by atoms with van der Waals surface area (Å²) in [4.78, 5) is 1.05. The van der Waals surface area contributed by atoms with Gasteiger partial charge in [0.05, 0.1) is 19.1 Å². The summed E-state index contributed by atoms with van der Waals surface area (Å²) in [5, 5.41) is 2.03. The highest BCUT2D eigenvalue weighted by molar-refractivity contribution is 7.10. The second-order valence-electron chi connectivity index (χ2n) is 4.87. The first-order chi connectivity index (χ1) is 11.3. The van der Waals surface area contributed by atoms with Crippen molar-refractivity contribution in [3.05, 3.63) is 70.4 Å². The molecular weight excluding hydrogens is 304 g/mol. The number of benzene rings is 2. The van der Waals surface area contributed by atoms with Gasteiger partial charge in [0.1, 0.15) is 11.5 Å². The van der Waals surface area contributed by atoms with E-state index in [2.05, 4.69) is 11.8 Å². The minimum absolute atomic E-state index is 0.803. The largest absolute Gasteiger partial charge is 0.497 e. The molecule has 3 aromatic rings. The molecule has 0 fully saturated rings. The first-order valence-electron chi connectivity index (χ1n) is 7.18. The summed E-state index contributed by atoms with van der Waals surface area (Å²) < 4.78 is 10.6. The summed E-state index contributed by atoms with van der Waals surface area (Å²) in [6.45, 7) is 0. The molecule has 3 rings (SSSR count). The lowest BCUT2D eigenvalue weighted by Gasteiger charge is -2.08. The van der Waals surface area contributed by atoms with E-state index in [0.717, 1.165) is 33.1 Å². The Morgan fingerprint density at radius 2 is 1.57 bits per heavy atom. The van der Waals surface area contributed by atoms with E-state index in [4.69, 9.17) is 9.47 Å². The molecule has 3 heteroatoms. The number of hydrogen-bond acceptors (Lipinski definition) is 3. The molecule has 0 aliphatic heterocycles. The quantitative estimate of drug-likeness (QED) is 0.643. The van der Waals surface area contributed by atoms with Crippen LogP contribution in [0.15, 0.2) is 60.0 Å². The normalized spacial score (nSPS) is 9.83. The number of hydrogen-bond donors (Lipinski definition) is 0. The van der Waals surface area contributed by atoms with Gasteiger partial charge in [-0.3, -0.25) is 0 Å². The van der Waals surface area contributed by atoms with Crippen LogP contribution >= 0.6 is 11.3 Å². The first kappa shape index (κ1) is 15.2. The number of thiophene rings is 1. The summed E-state index contributed by atoms with van der Waals surface area (Å²) in [7, 11) is 3.33. The van der Waals surface area contributed by atoms with Gasteiger partial charge in [0.15, 0.2) is 0 Å². The van der Waals surface area contributed by atoms with Crippen LogP contribution in [0, 0.1) is 11.8 Å². The predicted molar refractivity (Wildman–Crippen MR) is 95.3 cm³/mol. The van der Waals surface area contributed by atoms with Crippen LogP contribution in [0.5, 0.6) is 11.5 Å². The van der Waals surface area contributed by atoms with Gasteiger partial charge in [-0.15, -0.1) is 11.3 Å². The van der Waals surface area contributed by atoms with Gasteiger partial charge in [-0.2, -0.15) is 0 Å². The van der Waals surface area contributed by atoms with E-state index in [9.17, 15) is 0 Å². The second kappa shape index (κ2) is 7.04. The zero-order valence-corrected chi connectivity index (χ0v) is 13.8. The van der Waals surface area contributed by atoms with Crippen LogP contribution in [0.1, 0.15) is 10.4 Å². The molecule has 0 saturated carbocycles. The summed E-state index contributed by atoms with van der Waals surface area (Å²) in [6, 6.07) is 18.0. The van der Waals surface area contributed by atoms with Crippen molar-refractivity contribution >= 4 is 11.3 Å². The van der Waals surface area contributed by atoms with Crippen LogP contribution in [0.25, 0.3) is 11.1 Å². The van der Waals surface area contributed by atoms with Gasteiger partial charge in [-0.1, -0.05) is 30.0 Å². The van der Waals surface area contributed by atoms with E-state index < -0.39 is 0 Å². The van der Waals surface area contributed by atoms with Crippen LogP contribution in [-0.2, 0) is 0 Å². The second-order valence-corrected chi connectivity index (χ2v) is 5.82. The Balaban J connectivity index is 2.04. The number of methoxy groups -OCH3 is 2. The van der Waals surface area contributed by atoms with Gasteiger partial charge in [-0.05, 0) is 52.9 Å². The highest BCUT2D eigenvalue weighted by atomic mass is 32.1. The maximum Gasteiger partial charge on any atom is 0.120 e. The molecule has 0 atom stereocenters. The first-order valence-corrected chi connectivity index (χ1v) is 8.06. The zero-order valence-electron chi connectivity index (χ0n) is 13.0. The highest BCUT2D eigenvalue weighted by Gasteiger charge is 2.06. The van der Waals surface area contributed by atoms with Crippen molar-refractivity contribution in [1.82, 2.24) is 0 Å². The fourth-order valence-electron chi connectivity index (χ4n) is 2.25. The molecule has 0 spiro atoms. The van der Waals surface area contributed by atoms with Crippen molar-refractivity contribution in [3.63, 3.8) is 0 Å². The molecule has 0 radical (unpaired) electrons. The smallest absolute Gasteiger partial charge is 0.120 e. The Bertz CT molecular complexity index is 838. The Labute approximate surface area is 140 Å². The van der Waals surface area contributed by atoms with Crippen LogP contribution in [-0.4, -0.2) is 14.2 Å².